The molecule has 0 unspecified atom stereocenters. The minimum atomic E-state index is -3.09. The molecule has 0 amide bonds. The summed E-state index contributed by atoms with van der Waals surface area (Å²) in [5.74, 6) is 0. The van der Waals surface area contributed by atoms with Crippen LogP contribution in [-0.4, -0.2) is 18.4 Å². The summed E-state index contributed by atoms with van der Waals surface area (Å²) in [6, 6.07) is 0. The van der Waals surface area contributed by atoms with Gasteiger partial charge in [-0.25, -0.2) is 8.42 Å². The Morgan fingerprint density at radius 3 is 2.35 bits per heavy atom. The van der Waals surface area contributed by atoms with Crippen molar-refractivity contribution in [1.82, 2.24) is 0 Å². The topological polar surface area (TPSA) is 34.1 Å². The molecule has 0 aromatic rings. The van der Waals surface area contributed by atoms with Crippen molar-refractivity contribution in [2.24, 2.45) is 0 Å². The molecule has 0 aromatic carbocycles. The predicted molar refractivity (Wildman–Crippen MR) is 87.6 cm³/mol. The van der Waals surface area contributed by atoms with E-state index in [1.807, 2.05) is 19.9 Å². The van der Waals surface area contributed by atoms with Crippen LogP contribution in [0.4, 0.5) is 0 Å². The van der Waals surface area contributed by atoms with E-state index < -0.39 is 14.6 Å². The van der Waals surface area contributed by atoms with Crippen LogP contribution in [0.1, 0.15) is 60.8 Å². The first kappa shape index (κ1) is 17.2. The molecule has 1 rings (SSSR count). The summed E-state index contributed by atoms with van der Waals surface area (Å²) in [5, 5.41) is -0.355. The molecule has 1 heterocycles. The summed E-state index contributed by atoms with van der Waals surface area (Å²) < 4.78 is 24.2. The molecule has 0 saturated carbocycles. The Labute approximate surface area is 124 Å². The van der Waals surface area contributed by atoms with Crippen LogP contribution in [0.3, 0.4) is 0 Å². The maximum atomic E-state index is 12.5. The van der Waals surface area contributed by atoms with Crippen LogP contribution in [-0.2, 0) is 9.84 Å². The Bertz CT molecular complexity index is 546. The molecular weight excluding hydrogens is 268 g/mol. The first-order valence-corrected chi connectivity index (χ1v) is 8.87. The van der Waals surface area contributed by atoms with Gasteiger partial charge >= 0.3 is 0 Å². The summed E-state index contributed by atoms with van der Waals surface area (Å²) in [7, 11) is -3.09. The highest BCUT2D eigenvalue weighted by molar-refractivity contribution is 7.94. The molecule has 0 N–H and O–H groups in total. The zero-order valence-corrected chi connectivity index (χ0v) is 14.5. The molecule has 0 aromatic heterocycles. The molecule has 114 valence electrons. The first-order valence-electron chi connectivity index (χ1n) is 7.32. The van der Waals surface area contributed by atoms with E-state index in [1.54, 1.807) is 6.92 Å². The summed E-state index contributed by atoms with van der Waals surface area (Å²) >= 11 is 0. The third kappa shape index (κ3) is 3.43. The van der Waals surface area contributed by atoms with Crippen LogP contribution in [0.5, 0.6) is 0 Å². The van der Waals surface area contributed by atoms with E-state index in [0.717, 1.165) is 18.4 Å². The van der Waals surface area contributed by atoms with Gasteiger partial charge in [-0.15, -0.1) is 0 Å². The molecule has 0 spiro atoms. The third-order valence-electron chi connectivity index (χ3n) is 4.37. The van der Waals surface area contributed by atoms with Gasteiger partial charge < -0.3 is 0 Å². The predicted octanol–water partition coefficient (Wildman–Crippen LogP) is 4.59. The average Bonchev–Trinajstić information content (AvgIpc) is 2.48. The monoisotopic (exact) mass is 296 g/mol. The van der Waals surface area contributed by atoms with E-state index in [0.29, 0.717) is 6.42 Å². The van der Waals surface area contributed by atoms with Crippen LogP contribution < -0.4 is 0 Å². The number of sulfone groups is 1. The standard InChI is InChI=1S/C17H28O2S/c1-13(2)8-7-9-14(3)10-11-17(6)15(4)12-16(5)20(17,18)19/h8,10,12,16H,7,9,11H2,1-6H3/b14-10+/t16-,17+/m0/s1. The van der Waals surface area contributed by atoms with E-state index in [-0.39, 0.29) is 5.25 Å². The number of hydrogen-bond acceptors (Lipinski definition) is 2. The Morgan fingerprint density at radius 1 is 1.30 bits per heavy atom. The second-order valence-corrected chi connectivity index (χ2v) is 9.14. The molecule has 0 saturated heterocycles. The van der Waals surface area contributed by atoms with Crippen molar-refractivity contribution < 1.29 is 8.42 Å². The number of hydrogen-bond donors (Lipinski definition) is 0. The van der Waals surface area contributed by atoms with Crippen molar-refractivity contribution in [3.63, 3.8) is 0 Å². The smallest absolute Gasteiger partial charge is 0.165 e. The van der Waals surface area contributed by atoms with E-state index in [2.05, 4.69) is 32.9 Å². The highest BCUT2D eigenvalue weighted by atomic mass is 32.2. The van der Waals surface area contributed by atoms with Crippen molar-refractivity contribution in [3.8, 4) is 0 Å². The normalized spacial score (nSPS) is 29.2. The number of rotatable bonds is 5. The summed E-state index contributed by atoms with van der Waals surface area (Å²) in [4.78, 5) is 0. The first-order chi connectivity index (χ1) is 9.11. The van der Waals surface area contributed by atoms with Gasteiger partial charge in [-0.05, 0) is 60.8 Å². The zero-order chi connectivity index (χ0) is 15.6. The Hall–Kier alpha value is -0.830. The lowest BCUT2D eigenvalue weighted by Gasteiger charge is -2.25. The van der Waals surface area contributed by atoms with Crippen LogP contribution >= 0.6 is 0 Å². The molecule has 20 heavy (non-hydrogen) atoms. The third-order valence-corrected chi connectivity index (χ3v) is 7.23. The lowest BCUT2D eigenvalue weighted by atomic mass is 9.95. The fraction of sp³-hybridized carbons (Fsp3) is 0.647. The summed E-state index contributed by atoms with van der Waals surface area (Å²) in [6.45, 7) is 11.9. The van der Waals surface area contributed by atoms with E-state index in [4.69, 9.17) is 0 Å². The van der Waals surface area contributed by atoms with E-state index >= 15 is 0 Å². The molecule has 0 aliphatic carbocycles. The highest BCUT2D eigenvalue weighted by Crippen LogP contribution is 2.40. The van der Waals surface area contributed by atoms with E-state index in [9.17, 15) is 8.42 Å². The van der Waals surface area contributed by atoms with Crippen LogP contribution in [0.2, 0.25) is 0 Å². The Morgan fingerprint density at radius 2 is 1.90 bits per heavy atom. The fourth-order valence-corrected chi connectivity index (χ4v) is 4.63. The van der Waals surface area contributed by atoms with Crippen molar-refractivity contribution in [2.45, 2.75) is 70.8 Å². The maximum Gasteiger partial charge on any atom is 0.165 e. The Balaban J connectivity index is 2.78. The molecule has 0 fully saturated rings. The largest absolute Gasteiger partial charge is 0.227 e. The van der Waals surface area contributed by atoms with Gasteiger partial charge in [0.15, 0.2) is 9.84 Å². The average molecular weight is 296 g/mol. The lowest BCUT2D eigenvalue weighted by molar-refractivity contribution is 0.559. The summed E-state index contributed by atoms with van der Waals surface area (Å²) in [5.41, 5.74) is 3.58. The van der Waals surface area contributed by atoms with Crippen molar-refractivity contribution >= 4 is 9.84 Å². The lowest BCUT2D eigenvalue weighted by Crippen LogP contribution is -2.35. The second-order valence-electron chi connectivity index (χ2n) is 6.41. The van der Waals surface area contributed by atoms with Gasteiger partial charge in [0.25, 0.3) is 0 Å². The minimum Gasteiger partial charge on any atom is -0.227 e. The molecule has 2 atom stereocenters. The van der Waals surface area contributed by atoms with Crippen LogP contribution in [0.15, 0.2) is 34.9 Å². The van der Waals surface area contributed by atoms with Gasteiger partial charge in [-0.1, -0.05) is 34.9 Å². The molecule has 2 nitrogen and oxygen atoms in total. The second kappa shape index (κ2) is 6.30. The molecule has 0 bridgehead atoms. The van der Waals surface area contributed by atoms with Gasteiger partial charge in [0.1, 0.15) is 0 Å². The molecule has 3 heteroatoms. The van der Waals surface area contributed by atoms with Gasteiger partial charge in [-0.2, -0.15) is 0 Å². The highest BCUT2D eigenvalue weighted by Gasteiger charge is 2.47. The minimum absolute atomic E-state index is 0.355. The van der Waals surface area contributed by atoms with Gasteiger partial charge in [-0.3, -0.25) is 0 Å². The number of allylic oxidation sites excluding steroid dienone is 4. The van der Waals surface area contributed by atoms with Crippen LogP contribution in [0.25, 0.3) is 0 Å². The van der Waals surface area contributed by atoms with Gasteiger partial charge in [0.2, 0.25) is 0 Å². The SMILES string of the molecule is CC(C)=CCC/C(C)=C/C[C@]1(C)C(C)=C[C@H](C)S1(=O)=O. The molecule has 0 radical (unpaired) electrons. The maximum absolute atomic E-state index is 12.5. The van der Waals surface area contributed by atoms with Gasteiger partial charge in [0.05, 0.1) is 10.00 Å². The van der Waals surface area contributed by atoms with Gasteiger partial charge in [0, 0.05) is 0 Å². The van der Waals surface area contributed by atoms with Crippen molar-refractivity contribution in [1.29, 1.82) is 0 Å². The zero-order valence-electron chi connectivity index (χ0n) is 13.7. The Kier molecular flexibility index (Phi) is 5.42. The molecule has 1 aliphatic rings. The van der Waals surface area contributed by atoms with Crippen LogP contribution in [0, 0.1) is 0 Å². The quantitative estimate of drug-likeness (QED) is 0.695. The fourth-order valence-electron chi connectivity index (χ4n) is 2.59. The molecular formula is C17H28O2S. The van der Waals surface area contributed by atoms with Crippen molar-refractivity contribution in [3.05, 3.63) is 34.9 Å². The van der Waals surface area contributed by atoms with E-state index in [1.165, 1.54) is 11.1 Å². The molecule has 1 aliphatic heterocycles. The van der Waals surface area contributed by atoms with Crippen molar-refractivity contribution in [2.75, 3.05) is 0 Å². The summed E-state index contributed by atoms with van der Waals surface area (Å²) in [6.07, 6.45) is 8.83.